The van der Waals surface area contributed by atoms with Crippen LogP contribution in [0.2, 0.25) is 0 Å². The van der Waals surface area contributed by atoms with Crippen molar-refractivity contribution in [3.8, 4) is 0 Å². The quantitative estimate of drug-likeness (QED) is 0.768. The van der Waals surface area contributed by atoms with E-state index in [0.717, 1.165) is 12.2 Å². The summed E-state index contributed by atoms with van der Waals surface area (Å²) in [6.07, 6.45) is 1.13. The van der Waals surface area contributed by atoms with E-state index in [1.165, 1.54) is 5.56 Å². The summed E-state index contributed by atoms with van der Waals surface area (Å²) in [6, 6.07) is 14.6. The van der Waals surface area contributed by atoms with Gasteiger partial charge in [0.2, 0.25) is 0 Å². The van der Waals surface area contributed by atoms with Crippen molar-refractivity contribution in [3.05, 3.63) is 48.0 Å². The van der Waals surface area contributed by atoms with Crippen LogP contribution in [0.15, 0.2) is 42.5 Å². The molecule has 1 saturated carbocycles. The molecule has 4 nitrogen and oxygen atoms in total. The summed E-state index contributed by atoms with van der Waals surface area (Å²) in [6.45, 7) is 0. The lowest BCUT2D eigenvalue weighted by atomic mass is 10.1. The van der Waals surface area contributed by atoms with Crippen LogP contribution in [0.4, 0.5) is 17.3 Å². The second kappa shape index (κ2) is 4.22. The predicted octanol–water partition coefficient (Wildman–Crippen LogP) is 2.21. The molecular weight excluding hydrogens is 224 g/mol. The molecule has 3 rings (SSSR count). The first-order chi connectivity index (χ1) is 8.74. The smallest absolute Gasteiger partial charge is 0.149 e. The normalized spacial score (nSPS) is 21.6. The van der Waals surface area contributed by atoms with Crippen LogP contribution in [0.1, 0.15) is 17.9 Å². The van der Waals surface area contributed by atoms with Gasteiger partial charge in [-0.05, 0) is 24.1 Å². The molecule has 2 aromatic rings. The highest BCUT2D eigenvalue weighted by atomic mass is 15.1. The Morgan fingerprint density at radius 2 is 1.83 bits per heavy atom. The number of nitrogens with zero attached hydrogens (tertiary/aromatic N) is 1. The van der Waals surface area contributed by atoms with Crippen molar-refractivity contribution in [2.24, 2.45) is 0 Å². The molecule has 1 aromatic carbocycles. The van der Waals surface area contributed by atoms with Gasteiger partial charge in [-0.3, -0.25) is 0 Å². The minimum Gasteiger partial charge on any atom is -0.396 e. The van der Waals surface area contributed by atoms with E-state index in [0.29, 0.717) is 23.5 Å². The van der Waals surface area contributed by atoms with Crippen LogP contribution in [0.3, 0.4) is 0 Å². The summed E-state index contributed by atoms with van der Waals surface area (Å²) >= 11 is 0. The van der Waals surface area contributed by atoms with E-state index >= 15 is 0 Å². The molecule has 92 valence electrons. The molecule has 2 unspecified atom stereocenters. The number of nitrogens with two attached hydrogens (primary N) is 2. The van der Waals surface area contributed by atoms with E-state index in [4.69, 9.17) is 11.5 Å². The van der Waals surface area contributed by atoms with Gasteiger partial charge < -0.3 is 16.8 Å². The number of pyridine rings is 1. The molecule has 0 saturated heterocycles. The fourth-order valence-corrected chi connectivity index (χ4v) is 2.18. The predicted molar refractivity (Wildman–Crippen MR) is 74.3 cm³/mol. The minimum absolute atomic E-state index is 0.386. The third kappa shape index (κ3) is 2.09. The van der Waals surface area contributed by atoms with Gasteiger partial charge in [0.05, 0.1) is 5.69 Å². The van der Waals surface area contributed by atoms with E-state index in [9.17, 15) is 0 Å². The number of rotatable bonds is 3. The molecule has 1 heterocycles. The summed E-state index contributed by atoms with van der Waals surface area (Å²) in [5, 5.41) is 3.39. The molecule has 18 heavy (non-hydrogen) atoms. The summed E-state index contributed by atoms with van der Waals surface area (Å²) < 4.78 is 0. The zero-order chi connectivity index (χ0) is 12.5. The molecule has 1 fully saturated rings. The molecule has 0 aliphatic heterocycles. The Morgan fingerprint density at radius 1 is 1.06 bits per heavy atom. The number of nitrogens with one attached hydrogen (secondary N) is 1. The van der Waals surface area contributed by atoms with E-state index < -0.39 is 0 Å². The van der Waals surface area contributed by atoms with Crippen molar-refractivity contribution >= 4 is 17.3 Å². The van der Waals surface area contributed by atoms with Crippen LogP contribution in [0, 0.1) is 0 Å². The van der Waals surface area contributed by atoms with Gasteiger partial charge in [0, 0.05) is 12.0 Å². The van der Waals surface area contributed by atoms with Gasteiger partial charge in [0.15, 0.2) is 0 Å². The van der Waals surface area contributed by atoms with Gasteiger partial charge in [-0.1, -0.05) is 30.3 Å². The molecule has 0 amide bonds. The number of hydrogen-bond acceptors (Lipinski definition) is 4. The Bertz CT molecular complexity index is 553. The van der Waals surface area contributed by atoms with Crippen LogP contribution in [0.5, 0.6) is 0 Å². The van der Waals surface area contributed by atoms with Crippen molar-refractivity contribution in [2.75, 3.05) is 16.8 Å². The topological polar surface area (TPSA) is 77.0 Å². The summed E-state index contributed by atoms with van der Waals surface area (Å²) in [7, 11) is 0. The number of hydrogen-bond donors (Lipinski definition) is 3. The van der Waals surface area contributed by atoms with Gasteiger partial charge >= 0.3 is 0 Å². The van der Waals surface area contributed by atoms with Crippen molar-refractivity contribution < 1.29 is 0 Å². The van der Waals surface area contributed by atoms with Gasteiger partial charge in [0.25, 0.3) is 0 Å². The zero-order valence-electron chi connectivity index (χ0n) is 10.0. The Balaban J connectivity index is 1.67. The second-order valence-corrected chi connectivity index (χ2v) is 4.67. The molecule has 2 atom stereocenters. The molecule has 1 aliphatic rings. The van der Waals surface area contributed by atoms with Gasteiger partial charge in [-0.15, -0.1) is 0 Å². The lowest BCUT2D eigenvalue weighted by molar-refractivity contribution is 1.03. The van der Waals surface area contributed by atoms with Gasteiger partial charge in [-0.2, -0.15) is 0 Å². The lowest BCUT2D eigenvalue weighted by Crippen LogP contribution is -2.07. The monoisotopic (exact) mass is 240 g/mol. The first-order valence-electron chi connectivity index (χ1n) is 6.07. The molecule has 1 aliphatic carbocycles. The van der Waals surface area contributed by atoms with Crippen LogP contribution in [-0.4, -0.2) is 11.0 Å². The average Bonchev–Trinajstić information content (AvgIpc) is 3.14. The van der Waals surface area contributed by atoms with Crippen LogP contribution in [0.25, 0.3) is 0 Å². The average molecular weight is 240 g/mol. The van der Waals surface area contributed by atoms with E-state index in [1.807, 2.05) is 12.1 Å². The SMILES string of the molecule is Nc1ccc(NC2CC2c2ccccc2)nc1N. The van der Waals surface area contributed by atoms with Crippen LogP contribution < -0.4 is 16.8 Å². The first-order valence-corrected chi connectivity index (χ1v) is 6.07. The molecule has 0 spiro atoms. The van der Waals surface area contributed by atoms with Crippen LogP contribution >= 0.6 is 0 Å². The maximum Gasteiger partial charge on any atom is 0.149 e. The Morgan fingerprint density at radius 3 is 2.56 bits per heavy atom. The maximum absolute atomic E-state index is 5.69. The fourth-order valence-electron chi connectivity index (χ4n) is 2.18. The summed E-state index contributed by atoms with van der Waals surface area (Å²) in [5.74, 6) is 1.76. The number of anilines is 3. The third-order valence-electron chi connectivity index (χ3n) is 3.31. The van der Waals surface area contributed by atoms with Gasteiger partial charge in [-0.25, -0.2) is 4.98 Å². The Labute approximate surface area is 106 Å². The maximum atomic E-state index is 5.69. The zero-order valence-corrected chi connectivity index (χ0v) is 10.0. The first kappa shape index (κ1) is 10.9. The van der Waals surface area contributed by atoms with Crippen molar-refractivity contribution in [3.63, 3.8) is 0 Å². The molecule has 5 N–H and O–H groups in total. The Hall–Kier alpha value is -2.23. The number of benzene rings is 1. The molecule has 0 bridgehead atoms. The highest BCUT2D eigenvalue weighted by molar-refractivity contribution is 5.62. The largest absolute Gasteiger partial charge is 0.396 e. The molecule has 4 heteroatoms. The highest BCUT2D eigenvalue weighted by Crippen LogP contribution is 2.42. The Kier molecular flexibility index (Phi) is 2.55. The highest BCUT2D eigenvalue weighted by Gasteiger charge is 2.38. The van der Waals surface area contributed by atoms with Crippen LogP contribution in [-0.2, 0) is 0 Å². The molecule has 0 radical (unpaired) electrons. The van der Waals surface area contributed by atoms with Crippen molar-refractivity contribution in [2.45, 2.75) is 18.4 Å². The fraction of sp³-hybridized carbons (Fsp3) is 0.214. The van der Waals surface area contributed by atoms with E-state index in [1.54, 1.807) is 6.07 Å². The minimum atomic E-state index is 0.386. The summed E-state index contributed by atoms with van der Waals surface area (Å²) in [5.41, 5.74) is 13.2. The van der Waals surface area contributed by atoms with Crippen molar-refractivity contribution in [1.29, 1.82) is 0 Å². The standard InChI is InChI=1S/C14H16N4/c15-11-6-7-13(18-14(11)16)17-12-8-10(12)9-4-2-1-3-5-9/h1-7,10,12H,8,15H2,(H3,16,17,18). The van der Waals surface area contributed by atoms with E-state index in [2.05, 4.69) is 34.6 Å². The summed E-state index contributed by atoms with van der Waals surface area (Å²) in [4.78, 5) is 4.22. The second-order valence-electron chi connectivity index (χ2n) is 4.67. The molecular formula is C14H16N4. The van der Waals surface area contributed by atoms with Crippen molar-refractivity contribution in [1.82, 2.24) is 4.98 Å². The number of aromatic nitrogens is 1. The third-order valence-corrected chi connectivity index (χ3v) is 3.31. The van der Waals surface area contributed by atoms with Gasteiger partial charge in [0.1, 0.15) is 11.6 Å². The lowest BCUT2D eigenvalue weighted by Gasteiger charge is -2.07. The molecule has 1 aromatic heterocycles. The number of nitrogen functional groups attached to an aromatic ring is 2. The van der Waals surface area contributed by atoms with E-state index in [-0.39, 0.29) is 0 Å².